The Bertz CT molecular complexity index is 811. The first-order chi connectivity index (χ1) is 9.79. The van der Waals surface area contributed by atoms with E-state index in [2.05, 4.69) is 20.7 Å². The molecular weight excluding hydrogens is 367 g/mol. The molecule has 9 heteroatoms. The fourth-order valence-electron chi connectivity index (χ4n) is 1.57. The first kappa shape index (κ1) is 15.4. The number of benzene rings is 2. The molecule has 6 nitrogen and oxygen atoms in total. The molecule has 0 heterocycles. The van der Waals surface area contributed by atoms with Gasteiger partial charge in [0.05, 0.1) is 15.5 Å². The van der Waals surface area contributed by atoms with E-state index in [9.17, 15) is 22.9 Å². The summed E-state index contributed by atoms with van der Waals surface area (Å²) in [4.78, 5) is 9.59. The van der Waals surface area contributed by atoms with Gasteiger partial charge in [-0.1, -0.05) is 22.0 Å². The third kappa shape index (κ3) is 3.56. The summed E-state index contributed by atoms with van der Waals surface area (Å²) in [6.07, 6.45) is 0. The molecule has 1 N–H and O–H groups in total. The maximum absolute atomic E-state index is 13.5. The zero-order valence-electron chi connectivity index (χ0n) is 10.3. The van der Waals surface area contributed by atoms with Crippen LogP contribution in [0.5, 0.6) is 0 Å². The third-order valence-electron chi connectivity index (χ3n) is 2.50. The lowest BCUT2D eigenvalue weighted by Crippen LogP contribution is -2.13. The van der Waals surface area contributed by atoms with Gasteiger partial charge in [0, 0.05) is 16.6 Å². The number of rotatable bonds is 4. The van der Waals surface area contributed by atoms with E-state index in [0.29, 0.717) is 4.47 Å². The fourth-order valence-corrected chi connectivity index (χ4v) is 3.21. The van der Waals surface area contributed by atoms with Gasteiger partial charge in [0.2, 0.25) is 5.82 Å². The lowest BCUT2D eigenvalue weighted by Gasteiger charge is -2.08. The van der Waals surface area contributed by atoms with Crippen LogP contribution in [0.2, 0.25) is 0 Å². The van der Waals surface area contributed by atoms with E-state index in [1.807, 2.05) is 0 Å². The predicted octanol–water partition coefficient (Wildman–Crippen LogP) is 3.30. The Balaban J connectivity index is 2.33. The second-order valence-corrected chi connectivity index (χ2v) is 6.58. The van der Waals surface area contributed by atoms with E-state index in [0.717, 1.165) is 18.2 Å². The van der Waals surface area contributed by atoms with Gasteiger partial charge in [-0.2, -0.15) is 4.39 Å². The summed E-state index contributed by atoms with van der Waals surface area (Å²) in [5.74, 6) is -1.12. The van der Waals surface area contributed by atoms with Crippen LogP contribution in [0.15, 0.2) is 51.8 Å². The van der Waals surface area contributed by atoms with Crippen LogP contribution in [-0.2, 0) is 10.0 Å². The first-order valence-corrected chi connectivity index (χ1v) is 7.79. The maximum atomic E-state index is 13.5. The smallest absolute Gasteiger partial charge is 0.280 e. The zero-order chi connectivity index (χ0) is 15.6. The quantitative estimate of drug-likeness (QED) is 0.656. The molecule has 0 unspecified atom stereocenters. The topological polar surface area (TPSA) is 89.3 Å². The molecule has 0 atom stereocenters. The van der Waals surface area contributed by atoms with Gasteiger partial charge in [-0.05, 0) is 24.3 Å². The summed E-state index contributed by atoms with van der Waals surface area (Å²) in [5.41, 5.74) is -0.821. The van der Waals surface area contributed by atoms with E-state index < -0.39 is 26.5 Å². The molecular formula is C12H8BrFN2O4S. The van der Waals surface area contributed by atoms with Gasteiger partial charge in [-0.3, -0.25) is 14.8 Å². The molecule has 0 amide bonds. The molecule has 0 radical (unpaired) electrons. The number of nitro groups is 1. The second-order valence-electron chi connectivity index (χ2n) is 3.99. The maximum Gasteiger partial charge on any atom is 0.304 e. The lowest BCUT2D eigenvalue weighted by atomic mass is 10.3. The highest BCUT2D eigenvalue weighted by Gasteiger charge is 2.18. The third-order valence-corrected chi connectivity index (χ3v) is 4.38. The number of sulfonamides is 1. The Labute approximate surface area is 127 Å². The molecule has 2 aromatic rings. The number of anilines is 1. The van der Waals surface area contributed by atoms with Crippen molar-refractivity contribution in [3.63, 3.8) is 0 Å². The summed E-state index contributed by atoms with van der Waals surface area (Å²) in [5, 5.41) is 10.5. The summed E-state index contributed by atoms with van der Waals surface area (Å²) in [6, 6.07) is 8.72. The predicted molar refractivity (Wildman–Crippen MR) is 78.0 cm³/mol. The van der Waals surface area contributed by atoms with Gasteiger partial charge in [-0.25, -0.2) is 8.42 Å². The SMILES string of the molecule is O=[N+]([O-])c1ccc(NS(=O)(=O)c2cccc(Br)c2)cc1F. The molecule has 0 aliphatic rings. The van der Waals surface area contributed by atoms with Gasteiger partial charge in [0.15, 0.2) is 0 Å². The van der Waals surface area contributed by atoms with Crippen molar-refractivity contribution in [2.24, 2.45) is 0 Å². The minimum absolute atomic E-state index is 0.0179. The minimum atomic E-state index is -3.90. The number of nitro benzene ring substituents is 1. The van der Waals surface area contributed by atoms with Crippen molar-refractivity contribution in [1.82, 2.24) is 0 Å². The van der Waals surface area contributed by atoms with Crippen LogP contribution in [0.1, 0.15) is 0 Å². The largest absolute Gasteiger partial charge is 0.304 e. The average molecular weight is 375 g/mol. The van der Waals surface area contributed by atoms with Crippen molar-refractivity contribution in [2.75, 3.05) is 4.72 Å². The first-order valence-electron chi connectivity index (χ1n) is 5.52. The van der Waals surface area contributed by atoms with Crippen LogP contribution in [0.4, 0.5) is 15.8 Å². The molecule has 0 fully saturated rings. The van der Waals surface area contributed by atoms with Crippen LogP contribution >= 0.6 is 15.9 Å². The van der Waals surface area contributed by atoms with E-state index in [1.54, 1.807) is 6.07 Å². The van der Waals surface area contributed by atoms with Gasteiger partial charge < -0.3 is 0 Å². The molecule has 0 spiro atoms. The molecule has 0 aliphatic carbocycles. The van der Waals surface area contributed by atoms with Crippen LogP contribution < -0.4 is 4.72 Å². The monoisotopic (exact) mass is 374 g/mol. The van der Waals surface area contributed by atoms with Crippen molar-refractivity contribution in [2.45, 2.75) is 4.90 Å². The molecule has 0 saturated carbocycles. The molecule has 21 heavy (non-hydrogen) atoms. The van der Waals surface area contributed by atoms with E-state index >= 15 is 0 Å². The Hall–Kier alpha value is -2.00. The number of halogens is 2. The molecule has 0 saturated heterocycles. The molecule has 110 valence electrons. The highest BCUT2D eigenvalue weighted by molar-refractivity contribution is 9.10. The highest BCUT2D eigenvalue weighted by atomic mass is 79.9. The van der Waals surface area contributed by atoms with Gasteiger partial charge in [0.25, 0.3) is 10.0 Å². The van der Waals surface area contributed by atoms with Crippen molar-refractivity contribution in [3.05, 3.63) is 62.9 Å². The molecule has 2 aromatic carbocycles. The average Bonchev–Trinajstić information content (AvgIpc) is 2.37. The van der Waals surface area contributed by atoms with Crippen LogP contribution in [0.25, 0.3) is 0 Å². The number of hydrogen-bond donors (Lipinski definition) is 1. The van der Waals surface area contributed by atoms with Gasteiger partial charge in [-0.15, -0.1) is 0 Å². The lowest BCUT2D eigenvalue weighted by molar-refractivity contribution is -0.387. The molecule has 2 rings (SSSR count). The van der Waals surface area contributed by atoms with Crippen molar-refractivity contribution < 1.29 is 17.7 Å². The minimum Gasteiger partial charge on any atom is -0.280 e. The van der Waals surface area contributed by atoms with Crippen LogP contribution in [0, 0.1) is 15.9 Å². The van der Waals surface area contributed by atoms with Gasteiger partial charge >= 0.3 is 5.69 Å². The summed E-state index contributed by atoms with van der Waals surface area (Å²) >= 11 is 3.15. The molecule has 0 aliphatic heterocycles. The standard InChI is InChI=1S/C12H8BrFN2O4S/c13-8-2-1-3-10(6-8)21(19,20)15-9-4-5-12(16(17)18)11(14)7-9/h1-7,15H. The molecule has 0 bridgehead atoms. The number of nitrogens with zero attached hydrogens (tertiary/aromatic N) is 1. The normalized spacial score (nSPS) is 11.1. The van der Waals surface area contributed by atoms with E-state index in [1.165, 1.54) is 18.2 Å². The fraction of sp³-hybridized carbons (Fsp3) is 0. The van der Waals surface area contributed by atoms with Crippen LogP contribution in [0.3, 0.4) is 0 Å². The summed E-state index contributed by atoms with van der Waals surface area (Å²) < 4.78 is 40.4. The Kier molecular flexibility index (Phi) is 4.24. The highest BCUT2D eigenvalue weighted by Crippen LogP contribution is 2.24. The van der Waals surface area contributed by atoms with E-state index in [4.69, 9.17) is 0 Å². The number of hydrogen-bond acceptors (Lipinski definition) is 4. The Morgan fingerprint density at radius 2 is 1.90 bits per heavy atom. The zero-order valence-corrected chi connectivity index (χ0v) is 12.7. The Morgan fingerprint density at radius 1 is 1.19 bits per heavy atom. The number of nitrogens with one attached hydrogen (secondary N) is 1. The Morgan fingerprint density at radius 3 is 2.48 bits per heavy atom. The summed E-state index contributed by atoms with van der Waals surface area (Å²) in [7, 11) is -3.90. The molecule has 0 aromatic heterocycles. The van der Waals surface area contributed by atoms with Gasteiger partial charge in [0.1, 0.15) is 0 Å². The summed E-state index contributed by atoms with van der Waals surface area (Å²) in [6.45, 7) is 0. The van der Waals surface area contributed by atoms with E-state index in [-0.39, 0.29) is 10.6 Å². The van der Waals surface area contributed by atoms with Crippen molar-refractivity contribution >= 4 is 37.3 Å². The van der Waals surface area contributed by atoms with Crippen LogP contribution in [-0.4, -0.2) is 13.3 Å². The van der Waals surface area contributed by atoms with Crippen molar-refractivity contribution in [1.29, 1.82) is 0 Å². The second kappa shape index (κ2) is 5.78. The van der Waals surface area contributed by atoms with Crippen molar-refractivity contribution in [3.8, 4) is 0 Å².